The molecule has 1 saturated carbocycles. The highest BCUT2D eigenvalue weighted by molar-refractivity contribution is 7.85. The Hall–Kier alpha value is -2.00. The average Bonchev–Trinajstić information content (AvgIpc) is 2.60. The summed E-state index contributed by atoms with van der Waals surface area (Å²) < 4.78 is 17.2. The van der Waals surface area contributed by atoms with Crippen LogP contribution in [0.3, 0.4) is 0 Å². The number of carbonyl (C=O) groups excluding carboxylic acids is 1. The van der Waals surface area contributed by atoms with E-state index >= 15 is 0 Å². The summed E-state index contributed by atoms with van der Waals surface area (Å²) in [6, 6.07) is 6.89. The molecule has 130 valence electrons. The molecular weight excluding hydrogens is 324 g/mol. The van der Waals surface area contributed by atoms with Gasteiger partial charge in [0.1, 0.15) is 12.4 Å². The van der Waals surface area contributed by atoms with E-state index in [1.165, 1.54) is 0 Å². The molecule has 0 aliphatic heterocycles. The molecule has 24 heavy (non-hydrogen) atoms. The van der Waals surface area contributed by atoms with Crippen molar-refractivity contribution in [2.75, 3.05) is 17.7 Å². The van der Waals surface area contributed by atoms with Crippen LogP contribution >= 0.6 is 0 Å². The van der Waals surface area contributed by atoms with Crippen molar-refractivity contribution < 1.29 is 13.7 Å². The maximum atomic E-state index is 12.1. The number of terminal acetylenes is 1. The SMILES string of the molecule is C#CCOc1ccc(NC(=O)N[C@H]2CCC[C@@H]([S@@](=O)CC)C2)cc1. The van der Waals surface area contributed by atoms with Gasteiger partial charge in [0.05, 0.1) is 0 Å². The van der Waals surface area contributed by atoms with Gasteiger partial charge in [-0.25, -0.2) is 4.79 Å². The van der Waals surface area contributed by atoms with Gasteiger partial charge in [-0.15, -0.1) is 6.42 Å². The molecule has 1 aliphatic carbocycles. The monoisotopic (exact) mass is 348 g/mol. The number of carbonyl (C=O) groups is 1. The van der Waals surface area contributed by atoms with E-state index < -0.39 is 10.8 Å². The average molecular weight is 348 g/mol. The van der Waals surface area contributed by atoms with E-state index in [9.17, 15) is 9.00 Å². The fraction of sp³-hybridized carbons (Fsp3) is 0.500. The van der Waals surface area contributed by atoms with Crippen molar-refractivity contribution in [2.45, 2.75) is 43.9 Å². The molecule has 2 rings (SSSR count). The number of amides is 2. The van der Waals surface area contributed by atoms with Gasteiger partial charge in [-0.1, -0.05) is 19.3 Å². The molecule has 0 unspecified atom stereocenters. The van der Waals surface area contributed by atoms with Crippen LogP contribution < -0.4 is 15.4 Å². The van der Waals surface area contributed by atoms with Crippen molar-refractivity contribution in [3.8, 4) is 18.1 Å². The number of anilines is 1. The van der Waals surface area contributed by atoms with E-state index in [4.69, 9.17) is 11.2 Å². The van der Waals surface area contributed by atoms with Crippen LogP contribution in [0.5, 0.6) is 5.75 Å². The van der Waals surface area contributed by atoms with E-state index in [2.05, 4.69) is 16.6 Å². The minimum Gasteiger partial charge on any atom is -0.481 e. The van der Waals surface area contributed by atoms with Crippen molar-refractivity contribution >= 4 is 22.5 Å². The molecule has 0 saturated heterocycles. The molecule has 0 bridgehead atoms. The first-order chi connectivity index (χ1) is 11.6. The molecule has 1 aromatic carbocycles. The zero-order chi connectivity index (χ0) is 17.4. The van der Waals surface area contributed by atoms with E-state index in [1.54, 1.807) is 24.3 Å². The number of hydrogen-bond donors (Lipinski definition) is 2. The Balaban J connectivity index is 1.82. The van der Waals surface area contributed by atoms with Crippen molar-refractivity contribution in [3.05, 3.63) is 24.3 Å². The van der Waals surface area contributed by atoms with Gasteiger partial charge >= 0.3 is 6.03 Å². The summed E-state index contributed by atoms with van der Waals surface area (Å²) in [6.45, 7) is 2.16. The second-order valence-electron chi connectivity index (χ2n) is 5.77. The maximum absolute atomic E-state index is 12.1. The van der Waals surface area contributed by atoms with Gasteiger partial charge in [0.2, 0.25) is 0 Å². The highest BCUT2D eigenvalue weighted by atomic mass is 32.2. The van der Waals surface area contributed by atoms with Gasteiger partial charge in [0, 0.05) is 33.5 Å². The first kappa shape index (κ1) is 18.3. The highest BCUT2D eigenvalue weighted by Crippen LogP contribution is 2.23. The van der Waals surface area contributed by atoms with Crippen LogP contribution in [0, 0.1) is 12.3 Å². The van der Waals surface area contributed by atoms with E-state index in [0.717, 1.165) is 25.7 Å². The third-order valence-electron chi connectivity index (χ3n) is 4.05. The lowest BCUT2D eigenvalue weighted by molar-refractivity contribution is 0.244. The van der Waals surface area contributed by atoms with Crippen LogP contribution in [0.1, 0.15) is 32.6 Å². The molecule has 1 aliphatic rings. The smallest absolute Gasteiger partial charge is 0.319 e. The molecule has 0 aromatic heterocycles. The summed E-state index contributed by atoms with van der Waals surface area (Å²) in [5.74, 6) is 3.74. The Labute approximate surface area is 146 Å². The second-order valence-corrected chi connectivity index (χ2v) is 7.78. The fourth-order valence-corrected chi connectivity index (χ4v) is 4.21. The van der Waals surface area contributed by atoms with Crippen LogP contribution in [0.15, 0.2) is 24.3 Å². The number of urea groups is 1. The molecule has 2 amide bonds. The van der Waals surface area contributed by atoms with Crippen molar-refractivity contribution in [2.24, 2.45) is 0 Å². The zero-order valence-corrected chi connectivity index (χ0v) is 14.7. The molecule has 0 heterocycles. The Morgan fingerprint density at radius 2 is 2.12 bits per heavy atom. The normalized spacial score (nSPS) is 21.3. The van der Waals surface area contributed by atoms with E-state index in [-0.39, 0.29) is 23.9 Å². The van der Waals surface area contributed by atoms with Crippen molar-refractivity contribution in [1.82, 2.24) is 5.32 Å². The topological polar surface area (TPSA) is 67.4 Å². The van der Waals surface area contributed by atoms with E-state index in [0.29, 0.717) is 17.2 Å². The summed E-state index contributed by atoms with van der Waals surface area (Å²) in [6.07, 6.45) is 8.85. The second kappa shape index (κ2) is 9.33. The Kier molecular flexibility index (Phi) is 7.13. The minimum absolute atomic E-state index is 0.0810. The highest BCUT2D eigenvalue weighted by Gasteiger charge is 2.26. The third kappa shape index (κ3) is 5.57. The van der Waals surface area contributed by atoms with Gasteiger partial charge in [-0.05, 0) is 43.5 Å². The standard InChI is InChI=1S/C18H24N2O3S/c1-3-12-23-16-10-8-14(9-11-16)19-18(21)20-15-6-5-7-17(13-15)24(22)4-2/h1,8-11,15,17H,4-7,12-13H2,2H3,(H2,19,20,21)/t15-,17+,24-/m0/s1. The predicted octanol–water partition coefficient (Wildman–Crippen LogP) is 2.90. The number of hydrogen-bond acceptors (Lipinski definition) is 3. The molecule has 1 fully saturated rings. The van der Waals surface area contributed by atoms with Crippen LogP contribution in [-0.4, -0.2) is 33.9 Å². The summed E-state index contributed by atoms with van der Waals surface area (Å²) in [5, 5.41) is 5.99. The van der Waals surface area contributed by atoms with Gasteiger partial charge < -0.3 is 15.4 Å². The summed E-state index contributed by atoms with van der Waals surface area (Å²) in [7, 11) is -0.792. The molecular formula is C18H24N2O3S. The maximum Gasteiger partial charge on any atom is 0.319 e. The molecule has 2 N–H and O–H groups in total. The Morgan fingerprint density at radius 1 is 1.38 bits per heavy atom. The minimum atomic E-state index is -0.792. The number of rotatable bonds is 6. The molecule has 0 radical (unpaired) electrons. The molecule has 1 aromatic rings. The molecule has 5 nitrogen and oxygen atoms in total. The van der Waals surface area contributed by atoms with Crippen LogP contribution in [0.2, 0.25) is 0 Å². The van der Waals surface area contributed by atoms with Crippen LogP contribution in [0.25, 0.3) is 0 Å². The Morgan fingerprint density at radius 3 is 2.79 bits per heavy atom. The largest absolute Gasteiger partial charge is 0.481 e. The number of benzene rings is 1. The van der Waals surface area contributed by atoms with Gasteiger partial charge in [-0.3, -0.25) is 4.21 Å². The van der Waals surface area contributed by atoms with Crippen molar-refractivity contribution in [3.63, 3.8) is 0 Å². The lowest BCUT2D eigenvalue weighted by Gasteiger charge is -2.29. The lowest BCUT2D eigenvalue weighted by Crippen LogP contribution is -2.42. The summed E-state index contributed by atoms with van der Waals surface area (Å²) in [5.41, 5.74) is 0.685. The summed E-state index contributed by atoms with van der Waals surface area (Å²) in [4.78, 5) is 12.1. The quantitative estimate of drug-likeness (QED) is 0.777. The third-order valence-corrected chi connectivity index (χ3v) is 5.79. The fourth-order valence-electron chi connectivity index (χ4n) is 2.86. The lowest BCUT2D eigenvalue weighted by atomic mass is 9.95. The zero-order valence-electron chi connectivity index (χ0n) is 13.9. The molecule has 6 heteroatoms. The van der Waals surface area contributed by atoms with Crippen LogP contribution in [0.4, 0.5) is 10.5 Å². The molecule has 3 atom stereocenters. The van der Waals surface area contributed by atoms with Crippen molar-refractivity contribution in [1.29, 1.82) is 0 Å². The van der Waals surface area contributed by atoms with Gasteiger partial charge in [0.15, 0.2) is 0 Å². The first-order valence-corrected chi connectivity index (χ1v) is 9.61. The van der Waals surface area contributed by atoms with Gasteiger partial charge in [0.25, 0.3) is 0 Å². The van der Waals surface area contributed by atoms with E-state index in [1.807, 2.05) is 6.92 Å². The number of ether oxygens (including phenoxy) is 1. The summed E-state index contributed by atoms with van der Waals surface area (Å²) >= 11 is 0. The predicted molar refractivity (Wildman–Crippen MR) is 97.7 cm³/mol. The number of nitrogens with one attached hydrogen (secondary N) is 2. The van der Waals surface area contributed by atoms with Crippen LogP contribution in [-0.2, 0) is 10.8 Å². The molecule has 0 spiro atoms. The Bertz CT molecular complexity index is 610. The van der Waals surface area contributed by atoms with Gasteiger partial charge in [-0.2, -0.15) is 0 Å². The first-order valence-electron chi connectivity index (χ1n) is 8.23.